The van der Waals surface area contributed by atoms with E-state index in [9.17, 15) is 4.79 Å². The number of nitrogens with one attached hydrogen (secondary N) is 1. The molecule has 1 aromatic carbocycles. The minimum absolute atomic E-state index is 0. The number of nitrogens with zero attached hydrogens (tertiary/aromatic N) is 1. The van der Waals surface area contributed by atoms with Crippen molar-refractivity contribution >= 4 is 36.4 Å². The molecule has 4 nitrogen and oxygen atoms in total. The molecule has 148 valence electrons. The normalized spacial score (nSPS) is 25.8. The van der Waals surface area contributed by atoms with Gasteiger partial charge in [0.25, 0.3) is 0 Å². The summed E-state index contributed by atoms with van der Waals surface area (Å²) in [5, 5.41) is 3.06. The van der Waals surface area contributed by atoms with Gasteiger partial charge in [-0.3, -0.25) is 4.79 Å². The Balaban J connectivity index is 0.00000169. The summed E-state index contributed by atoms with van der Waals surface area (Å²) < 4.78 is 0. The lowest BCUT2D eigenvalue weighted by molar-refractivity contribution is -0.122. The van der Waals surface area contributed by atoms with Gasteiger partial charge in [0.05, 0.1) is 5.92 Å². The van der Waals surface area contributed by atoms with Crippen molar-refractivity contribution in [2.75, 3.05) is 25.0 Å². The molecule has 0 radical (unpaired) electrons. The summed E-state index contributed by atoms with van der Waals surface area (Å²) in [7, 11) is 0. The molecule has 1 amide bonds. The average Bonchev–Trinajstić information content (AvgIpc) is 3.07. The van der Waals surface area contributed by atoms with Crippen molar-refractivity contribution in [3.8, 4) is 0 Å². The van der Waals surface area contributed by atoms with Gasteiger partial charge in [-0.2, -0.15) is 0 Å². The molecule has 0 spiro atoms. The number of amides is 1. The summed E-state index contributed by atoms with van der Waals surface area (Å²) in [6, 6.07) is 8.31. The molecule has 6 heteroatoms. The molecular formula is C20H33Cl2N3O. The van der Waals surface area contributed by atoms with Crippen LogP contribution >= 0.6 is 24.8 Å². The van der Waals surface area contributed by atoms with Crippen molar-refractivity contribution in [1.82, 2.24) is 4.90 Å². The Hall–Kier alpha value is -0.810. The second-order valence-electron chi connectivity index (χ2n) is 7.79. The highest BCUT2D eigenvalue weighted by Gasteiger charge is 2.37. The van der Waals surface area contributed by atoms with E-state index in [0.717, 1.165) is 44.3 Å². The van der Waals surface area contributed by atoms with E-state index in [1.54, 1.807) is 0 Å². The monoisotopic (exact) mass is 401 g/mol. The number of carbonyl (C=O) groups excluding carboxylic acids is 1. The Bertz CT molecular complexity index is 557. The van der Waals surface area contributed by atoms with Crippen LogP contribution in [0.5, 0.6) is 0 Å². The van der Waals surface area contributed by atoms with Crippen molar-refractivity contribution in [3.63, 3.8) is 0 Å². The number of nitrogens with two attached hydrogens (primary N) is 1. The molecule has 3 N–H and O–H groups in total. The van der Waals surface area contributed by atoms with Crippen molar-refractivity contribution in [3.05, 3.63) is 29.8 Å². The Labute approximate surface area is 170 Å². The highest BCUT2D eigenvalue weighted by atomic mass is 35.5. The van der Waals surface area contributed by atoms with Crippen LogP contribution in [0, 0.1) is 5.92 Å². The zero-order chi connectivity index (χ0) is 17.0. The second kappa shape index (κ2) is 10.5. The quantitative estimate of drug-likeness (QED) is 0.782. The van der Waals surface area contributed by atoms with Gasteiger partial charge in [-0.15, -0.1) is 24.8 Å². The van der Waals surface area contributed by atoms with Crippen LogP contribution in [-0.2, 0) is 11.2 Å². The number of hydrogen-bond acceptors (Lipinski definition) is 3. The van der Waals surface area contributed by atoms with E-state index in [4.69, 9.17) is 5.73 Å². The Morgan fingerprint density at radius 2 is 1.81 bits per heavy atom. The average molecular weight is 402 g/mol. The molecule has 0 aromatic heterocycles. The molecule has 1 aromatic rings. The van der Waals surface area contributed by atoms with Gasteiger partial charge in [-0.25, -0.2) is 0 Å². The Kier molecular flexibility index (Phi) is 9.39. The summed E-state index contributed by atoms with van der Waals surface area (Å²) >= 11 is 0. The number of halogens is 2. The highest BCUT2D eigenvalue weighted by molar-refractivity contribution is 5.93. The van der Waals surface area contributed by atoms with Gasteiger partial charge in [-0.05, 0) is 69.8 Å². The molecule has 2 atom stereocenters. The van der Waals surface area contributed by atoms with Crippen molar-refractivity contribution in [2.45, 2.75) is 57.4 Å². The molecule has 26 heavy (non-hydrogen) atoms. The first-order valence-electron chi connectivity index (χ1n) is 9.46. The van der Waals surface area contributed by atoms with Crippen LogP contribution in [0.25, 0.3) is 0 Å². The van der Waals surface area contributed by atoms with E-state index in [2.05, 4.69) is 22.3 Å². The molecule has 2 unspecified atom stereocenters. The van der Waals surface area contributed by atoms with Crippen molar-refractivity contribution in [1.29, 1.82) is 0 Å². The van der Waals surface area contributed by atoms with Gasteiger partial charge in [0.15, 0.2) is 0 Å². The molecule has 1 aliphatic carbocycles. The summed E-state index contributed by atoms with van der Waals surface area (Å²) in [5.41, 5.74) is 8.17. The first kappa shape index (κ1) is 23.2. The van der Waals surface area contributed by atoms with Crippen LogP contribution < -0.4 is 11.1 Å². The van der Waals surface area contributed by atoms with Gasteiger partial charge in [0, 0.05) is 17.8 Å². The predicted octanol–water partition coefficient (Wildman–Crippen LogP) is 4.01. The molecular weight excluding hydrogens is 369 g/mol. The third kappa shape index (κ3) is 6.12. The van der Waals surface area contributed by atoms with Gasteiger partial charge >= 0.3 is 0 Å². The van der Waals surface area contributed by atoms with E-state index in [0.29, 0.717) is 0 Å². The predicted molar refractivity (Wildman–Crippen MR) is 113 cm³/mol. The maximum Gasteiger partial charge on any atom is 0.229 e. The zero-order valence-electron chi connectivity index (χ0n) is 15.7. The fourth-order valence-corrected chi connectivity index (χ4v) is 4.07. The summed E-state index contributed by atoms with van der Waals surface area (Å²) in [5.74, 6) is -0.00869. The summed E-state index contributed by atoms with van der Waals surface area (Å²) in [4.78, 5) is 15.1. The molecule has 3 rings (SSSR count). The van der Waals surface area contributed by atoms with Gasteiger partial charge in [-0.1, -0.05) is 25.0 Å². The van der Waals surface area contributed by atoms with Gasteiger partial charge in [0.1, 0.15) is 0 Å². The fourth-order valence-electron chi connectivity index (χ4n) is 4.07. The number of carbonyl (C=O) groups is 1. The standard InChI is InChI=1S/C20H31N3O.2ClH/c1-20(21)12-3-2-6-18(20)19(24)22-17-9-7-16(8-10-17)11-15-23-13-4-5-14-23;;/h7-10,18H,2-6,11-15,21H2,1H3,(H,22,24);2*1H. The fraction of sp³-hybridized carbons (Fsp3) is 0.650. The minimum atomic E-state index is -0.377. The Morgan fingerprint density at radius 3 is 2.42 bits per heavy atom. The van der Waals surface area contributed by atoms with Crippen LogP contribution in [0.15, 0.2) is 24.3 Å². The summed E-state index contributed by atoms with van der Waals surface area (Å²) in [6.07, 6.45) is 7.81. The van der Waals surface area contributed by atoms with Gasteiger partial charge in [0.2, 0.25) is 5.91 Å². The van der Waals surface area contributed by atoms with Crippen LogP contribution in [0.1, 0.15) is 51.0 Å². The second-order valence-corrected chi connectivity index (χ2v) is 7.79. The third-order valence-corrected chi connectivity index (χ3v) is 5.71. The minimum Gasteiger partial charge on any atom is -0.326 e. The molecule has 0 bridgehead atoms. The largest absolute Gasteiger partial charge is 0.326 e. The number of anilines is 1. The van der Waals surface area contributed by atoms with Crippen LogP contribution in [0.4, 0.5) is 5.69 Å². The molecule has 1 saturated heterocycles. The van der Waals surface area contributed by atoms with E-state index in [1.807, 2.05) is 19.1 Å². The lowest BCUT2D eigenvalue weighted by Crippen LogP contribution is -2.51. The number of benzene rings is 1. The molecule has 1 saturated carbocycles. The summed E-state index contributed by atoms with van der Waals surface area (Å²) in [6.45, 7) is 5.64. The smallest absolute Gasteiger partial charge is 0.229 e. The van der Waals surface area contributed by atoms with Crippen molar-refractivity contribution < 1.29 is 4.79 Å². The molecule has 1 aliphatic heterocycles. The van der Waals surface area contributed by atoms with E-state index in [1.165, 1.54) is 31.5 Å². The van der Waals surface area contributed by atoms with E-state index in [-0.39, 0.29) is 42.2 Å². The Morgan fingerprint density at radius 1 is 1.15 bits per heavy atom. The lowest BCUT2D eigenvalue weighted by Gasteiger charge is -2.37. The first-order valence-corrected chi connectivity index (χ1v) is 9.46. The van der Waals surface area contributed by atoms with E-state index < -0.39 is 0 Å². The lowest BCUT2D eigenvalue weighted by atomic mass is 9.74. The van der Waals surface area contributed by atoms with Crippen LogP contribution in [0.2, 0.25) is 0 Å². The van der Waals surface area contributed by atoms with Crippen LogP contribution in [-0.4, -0.2) is 36.0 Å². The molecule has 2 aliphatic rings. The van der Waals surface area contributed by atoms with Gasteiger partial charge < -0.3 is 16.0 Å². The SMILES string of the molecule is CC1(N)CCCCC1C(=O)Nc1ccc(CCN2CCCC2)cc1.Cl.Cl. The van der Waals surface area contributed by atoms with Crippen LogP contribution in [0.3, 0.4) is 0 Å². The zero-order valence-corrected chi connectivity index (χ0v) is 17.3. The maximum atomic E-state index is 12.6. The maximum absolute atomic E-state index is 12.6. The molecule has 1 heterocycles. The number of hydrogen-bond donors (Lipinski definition) is 2. The third-order valence-electron chi connectivity index (χ3n) is 5.71. The number of rotatable bonds is 5. The first-order chi connectivity index (χ1) is 11.5. The van der Waals surface area contributed by atoms with Crippen molar-refractivity contribution in [2.24, 2.45) is 11.7 Å². The molecule has 2 fully saturated rings. The number of likely N-dealkylation sites (tertiary alicyclic amines) is 1. The topological polar surface area (TPSA) is 58.4 Å². The van der Waals surface area contributed by atoms with E-state index >= 15 is 0 Å². The highest BCUT2D eigenvalue weighted by Crippen LogP contribution is 2.32.